The van der Waals surface area contributed by atoms with Crippen molar-refractivity contribution in [1.82, 2.24) is 14.8 Å². The van der Waals surface area contributed by atoms with Gasteiger partial charge in [-0.25, -0.2) is 0 Å². The molecule has 0 aliphatic carbocycles. The number of aromatic nitrogens is 1. The zero-order chi connectivity index (χ0) is 13.0. The minimum absolute atomic E-state index is 0.151. The summed E-state index contributed by atoms with van der Waals surface area (Å²) in [6, 6.07) is 4.29. The molecule has 1 aromatic rings. The third-order valence-corrected chi connectivity index (χ3v) is 3.55. The van der Waals surface area contributed by atoms with Crippen LogP contribution in [-0.2, 0) is 7.05 Å². The van der Waals surface area contributed by atoms with Crippen molar-refractivity contribution >= 4 is 5.91 Å². The number of carbonyl (C=O) groups is 1. The molecule has 4 heteroatoms. The van der Waals surface area contributed by atoms with E-state index in [0.29, 0.717) is 6.04 Å². The van der Waals surface area contributed by atoms with Crippen molar-refractivity contribution in [1.29, 1.82) is 0 Å². The van der Waals surface area contributed by atoms with Crippen LogP contribution in [0.2, 0.25) is 0 Å². The van der Waals surface area contributed by atoms with E-state index in [1.807, 2.05) is 34.8 Å². The van der Waals surface area contributed by atoms with E-state index in [9.17, 15) is 4.79 Å². The monoisotopic (exact) mass is 249 g/mol. The van der Waals surface area contributed by atoms with Crippen LogP contribution in [0.15, 0.2) is 18.3 Å². The average molecular weight is 249 g/mol. The second kappa shape index (κ2) is 6.05. The fourth-order valence-electron chi connectivity index (χ4n) is 2.57. The lowest BCUT2D eigenvalue weighted by Gasteiger charge is -2.25. The molecule has 1 atom stereocenters. The van der Waals surface area contributed by atoms with Gasteiger partial charge in [0.15, 0.2) is 0 Å². The Morgan fingerprint density at radius 1 is 1.61 bits per heavy atom. The summed E-state index contributed by atoms with van der Waals surface area (Å²) in [4.78, 5) is 14.5. The van der Waals surface area contributed by atoms with Crippen LogP contribution in [0.3, 0.4) is 0 Å². The zero-order valence-corrected chi connectivity index (χ0v) is 11.4. The average Bonchev–Trinajstić information content (AvgIpc) is 2.99. The third-order valence-electron chi connectivity index (χ3n) is 3.55. The Balaban J connectivity index is 2.04. The first-order valence-electron chi connectivity index (χ1n) is 6.86. The largest absolute Gasteiger partial charge is 0.347 e. The van der Waals surface area contributed by atoms with Crippen LogP contribution >= 0.6 is 0 Å². The maximum atomic E-state index is 12.5. The van der Waals surface area contributed by atoms with E-state index < -0.39 is 0 Å². The number of nitrogens with zero attached hydrogens (tertiary/aromatic N) is 2. The summed E-state index contributed by atoms with van der Waals surface area (Å²) in [5, 5.41) is 3.46. The Morgan fingerprint density at radius 3 is 3.00 bits per heavy atom. The summed E-state index contributed by atoms with van der Waals surface area (Å²) in [5.41, 5.74) is 0.779. The Hall–Kier alpha value is -1.29. The van der Waals surface area contributed by atoms with Crippen LogP contribution in [0.4, 0.5) is 0 Å². The second-order valence-corrected chi connectivity index (χ2v) is 5.05. The topological polar surface area (TPSA) is 37.3 Å². The summed E-state index contributed by atoms with van der Waals surface area (Å²) in [7, 11) is 1.92. The van der Waals surface area contributed by atoms with Gasteiger partial charge >= 0.3 is 0 Å². The Labute approximate surface area is 109 Å². The molecule has 0 saturated carbocycles. The van der Waals surface area contributed by atoms with E-state index in [4.69, 9.17) is 0 Å². The molecule has 18 heavy (non-hydrogen) atoms. The highest BCUT2D eigenvalue weighted by molar-refractivity contribution is 5.92. The van der Waals surface area contributed by atoms with Crippen molar-refractivity contribution in [3.8, 4) is 0 Å². The highest BCUT2D eigenvalue weighted by atomic mass is 16.2. The first kappa shape index (κ1) is 13.1. The number of hydrogen-bond acceptors (Lipinski definition) is 2. The van der Waals surface area contributed by atoms with E-state index in [1.165, 1.54) is 12.8 Å². The smallest absolute Gasteiger partial charge is 0.270 e. The van der Waals surface area contributed by atoms with Gasteiger partial charge in [-0.15, -0.1) is 0 Å². The van der Waals surface area contributed by atoms with Gasteiger partial charge in [0.1, 0.15) is 5.69 Å². The van der Waals surface area contributed by atoms with Gasteiger partial charge in [0, 0.05) is 32.4 Å². The summed E-state index contributed by atoms with van der Waals surface area (Å²) in [6.45, 7) is 4.87. The van der Waals surface area contributed by atoms with Gasteiger partial charge < -0.3 is 14.8 Å². The molecule has 1 amide bonds. The molecule has 1 aliphatic heterocycles. The number of nitrogens with one attached hydrogen (secondary N) is 1. The van der Waals surface area contributed by atoms with Crippen LogP contribution in [0.1, 0.15) is 36.7 Å². The number of aryl methyl sites for hydroxylation is 1. The predicted octanol–water partition coefficient (Wildman–Crippen LogP) is 1.63. The highest BCUT2D eigenvalue weighted by Gasteiger charge is 2.22. The fraction of sp³-hybridized carbons (Fsp3) is 0.643. The van der Waals surface area contributed by atoms with Gasteiger partial charge in [0.05, 0.1) is 0 Å². The fourth-order valence-corrected chi connectivity index (χ4v) is 2.57. The molecule has 4 nitrogen and oxygen atoms in total. The molecule has 100 valence electrons. The maximum Gasteiger partial charge on any atom is 0.270 e. The van der Waals surface area contributed by atoms with Crippen molar-refractivity contribution in [3.63, 3.8) is 0 Å². The summed E-state index contributed by atoms with van der Waals surface area (Å²) >= 11 is 0. The standard InChI is InChI=1S/C14H23N3O/c1-3-9-17(11-12-6-4-8-15-12)14(18)13-7-5-10-16(13)2/h5,7,10,12,15H,3-4,6,8-9,11H2,1-2H3. The third kappa shape index (κ3) is 2.93. The van der Waals surface area contributed by atoms with Gasteiger partial charge in [0.25, 0.3) is 5.91 Å². The summed E-state index contributed by atoms with van der Waals surface area (Å²) in [5.74, 6) is 0.151. The summed E-state index contributed by atoms with van der Waals surface area (Å²) in [6.07, 6.45) is 5.33. The van der Waals surface area contributed by atoms with E-state index in [1.54, 1.807) is 0 Å². The molecule has 1 unspecified atom stereocenters. The molecule has 0 spiro atoms. The van der Waals surface area contributed by atoms with E-state index in [2.05, 4.69) is 12.2 Å². The number of carbonyl (C=O) groups excluding carboxylic acids is 1. The van der Waals surface area contributed by atoms with Gasteiger partial charge in [-0.2, -0.15) is 0 Å². The molecule has 0 aromatic carbocycles. The molecule has 2 rings (SSSR count). The van der Waals surface area contributed by atoms with Crippen LogP contribution in [0.5, 0.6) is 0 Å². The van der Waals surface area contributed by atoms with Gasteiger partial charge in [-0.05, 0) is 37.9 Å². The van der Waals surface area contributed by atoms with E-state index in [-0.39, 0.29) is 5.91 Å². The van der Waals surface area contributed by atoms with Crippen LogP contribution in [0, 0.1) is 0 Å². The lowest BCUT2D eigenvalue weighted by Crippen LogP contribution is -2.42. The van der Waals surface area contributed by atoms with Crippen LogP contribution < -0.4 is 5.32 Å². The Kier molecular flexibility index (Phi) is 4.42. The van der Waals surface area contributed by atoms with Crippen LogP contribution in [-0.4, -0.2) is 41.1 Å². The highest BCUT2D eigenvalue weighted by Crippen LogP contribution is 2.11. The van der Waals surface area contributed by atoms with E-state index in [0.717, 1.165) is 31.7 Å². The minimum Gasteiger partial charge on any atom is -0.347 e. The predicted molar refractivity (Wildman–Crippen MR) is 72.6 cm³/mol. The van der Waals surface area contributed by atoms with Gasteiger partial charge in [-0.1, -0.05) is 6.92 Å². The molecule has 2 heterocycles. The van der Waals surface area contributed by atoms with Crippen molar-refractivity contribution < 1.29 is 4.79 Å². The molecular weight excluding hydrogens is 226 g/mol. The lowest BCUT2D eigenvalue weighted by atomic mass is 10.2. The normalized spacial score (nSPS) is 19.1. The van der Waals surface area contributed by atoms with Gasteiger partial charge in [-0.3, -0.25) is 4.79 Å². The van der Waals surface area contributed by atoms with Crippen LogP contribution in [0.25, 0.3) is 0 Å². The van der Waals surface area contributed by atoms with Crippen molar-refractivity contribution in [2.75, 3.05) is 19.6 Å². The Morgan fingerprint density at radius 2 is 2.44 bits per heavy atom. The van der Waals surface area contributed by atoms with Crippen molar-refractivity contribution in [2.24, 2.45) is 7.05 Å². The molecule has 1 aliphatic rings. The second-order valence-electron chi connectivity index (χ2n) is 5.05. The number of hydrogen-bond donors (Lipinski definition) is 1. The molecule has 1 N–H and O–H groups in total. The lowest BCUT2D eigenvalue weighted by molar-refractivity contribution is 0.0732. The molecular formula is C14H23N3O. The molecule has 1 aromatic heterocycles. The van der Waals surface area contributed by atoms with E-state index >= 15 is 0 Å². The number of amides is 1. The molecule has 0 bridgehead atoms. The summed E-state index contributed by atoms with van der Waals surface area (Å²) < 4.78 is 1.90. The maximum absolute atomic E-state index is 12.5. The molecule has 1 saturated heterocycles. The molecule has 0 radical (unpaired) electrons. The quantitative estimate of drug-likeness (QED) is 0.861. The number of rotatable bonds is 5. The van der Waals surface area contributed by atoms with Gasteiger partial charge in [0.2, 0.25) is 0 Å². The Bertz CT molecular complexity index is 393. The SMILES string of the molecule is CCCN(CC1CCCN1)C(=O)c1cccn1C. The van der Waals surface area contributed by atoms with Crippen molar-refractivity contribution in [2.45, 2.75) is 32.2 Å². The minimum atomic E-state index is 0.151. The zero-order valence-electron chi connectivity index (χ0n) is 11.4. The first-order chi connectivity index (χ1) is 8.72. The first-order valence-corrected chi connectivity index (χ1v) is 6.86. The molecule has 1 fully saturated rings. The van der Waals surface area contributed by atoms with Crippen molar-refractivity contribution in [3.05, 3.63) is 24.0 Å².